The van der Waals surface area contributed by atoms with Gasteiger partial charge in [0.2, 0.25) is 0 Å². The summed E-state index contributed by atoms with van der Waals surface area (Å²) in [7, 11) is 0. The van der Waals surface area contributed by atoms with Crippen molar-refractivity contribution in [3.05, 3.63) is 83.9 Å². The number of benzene rings is 3. The largest absolute Gasteiger partial charge is 0.494 e. The lowest BCUT2D eigenvalue weighted by Gasteiger charge is -2.13. The zero-order chi connectivity index (χ0) is 27.3. The Labute approximate surface area is 226 Å². The average Bonchev–Trinajstić information content (AvgIpc) is 2.96. The Morgan fingerprint density at radius 2 is 1.24 bits per heavy atom. The molecule has 0 spiro atoms. The molecule has 2 atom stereocenters. The molecule has 3 rings (SSSR count). The van der Waals surface area contributed by atoms with Crippen molar-refractivity contribution in [1.82, 2.24) is 0 Å². The Bertz CT molecular complexity index is 1140. The minimum Gasteiger partial charge on any atom is -0.494 e. The lowest BCUT2D eigenvalue weighted by molar-refractivity contribution is 0.0734. The van der Waals surface area contributed by atoms with Gasteiger partial charge in [0.25, 0.3) is 0 Å². The smallest absolute Gasteiger partial charge is 0.343 e. The molecule has 3 aromatic carbocycles. The molecule has 0 N–H and O–H groups in total. The third-order valence-corrected chi connectivity index (χ3v) is 6.82. The number of rotatable bonds is 15. The zero-order valence-electron chi connectivity index (χ0n) is 22.8. The van der Waals surface area contributed by atoms with Crippen molar-refractivity contribution in [3.8, 4) is 22.6 Å². The van der Waals surface area contributed by atoms with E-state index in [-0.39, 0.29) is 11.5 Å². The van der Waals surface area contributed by atoms with E-state index in [0.29, 0.717) is 17.7 Å². The van der Waals surface area contributed by atoms with Crippen LogP contribution in [0.5, 0.6) is 11.5 Å². The molecule has 0 saturated heterocycles. The van der Waals surface area contributed by atoms with Gasteiger partial charge in [-0.1, -0.05) is 83.6 Å². The van der Waals surface area contributed by atoms with Crippen LogP contribution in [0.15, 0.2) is 72.8 Å². The number of unbranched alkanes of at least 4 members (excludes halogenated alkanes) is 5. The number of alkyl halides is 1. The zero-order valence-corrected chi connectivity index (χ0v) is 22.8. The summed E-state index contributed by atoms with van der Waals surface area (Å²) in [5.74, 6) is -0.241. The monoisotopic (exact) mass is 518 g/mol. The Hall–Kier alpha value is -3.47. The van der Waals surface area contributed by atoms with Crippen LogP contribution in [0.3, 0.4) is 0 Å². The van der Waals surface area contributed by atoms with Gasteiger partial charge in [-0.3, -0.25) is 4.79 Å². The number of hydrogen-bond donors (Lipinski definition) is 0. The number of carbonyl (C=O) groups is 2. The Balaban J connectivity index is 1.50. The van der Waals surface area contributed by atoms with Crippen molar-refractivity contribution in [3.63, 3.8) is 0 Å². The van der Waals surface area contributed by atoms with Gasteiger partial charge < -0.3 is 9.47 Å². The van der Waals surface area contributed by atoms with Crippen LogP contribution in [0, 0.1) is 5.92 Å². The maximum Gasteiger partial charge on any atom is 0.343 e. The summed E-state index contributed by atoms with van der Waals surface area (Å²) in [6.45, 7) is 6.52. The molecular weight excluding hydrogens is 479 g/mol. The van der Waals surface area contributed by atoms with Gasteiger partial charge in [-0.05, 0) is 72.0 Å². The molecule has 5 heteroatoms. The van der Waals surface area contributed by atoms with E-state index in [2.05, 4.69) is 6.92 Å². The maximum atomic E-state index is 14.2. The lowest BCUT2D eigenvalue weighted by atomic mass is 9.96. The molecule has 0 fully saturated rings. The van der Waals surface area contributed by atoms with Crippen LogP contribution in [-0.2, 0) is 0 Å². The Kier molecular flexibility index (Phi) is 11.5. The van der Waals surface area contributed by atoms with Crippen molar-refractivity contribution in [2.45, 2.75) is 71.9 Å². The van der Waals surface area contributed by atoms with Crippen LogP contribution >= 0.6 is 0 Å². The second-order valence-corrected chi connectivity index (χ2v) is 9.78. The molecule has 0 heterocycles. The summed E-state index contributed by atoms with van der Waals surface area (Å²) in [6, 6.07) is 21.2. The highest BCUT2D eigenvalue weighted by Gasteiger charge is 2.24. The predicted molar refractivity (Wildman–Crippen MR) is 151 cm³/mol. The minimum atomic E-state index is -1.54. The van der Waals surface area contributed by atoms with E-state index < -0.39 is 17.9 Å². The fraction of sp³-hybridized carbons (Fsp3) is 0.394. The predicted octanol–water partition coefficient (Wildman–Crippen LogP) is 8.88. The van der Waals surface area contributed by atoms with Gasteiger partial charge in [0, 0.05) is 5.56 Å². The second kappa shape index (κ2) is 15.1. The van der Waals surface area contributed by atoms with Crippen molar-refractivity contribution in [1.29, 1.82) is 0 Å². The van der Waals surface area contributed by atoms with Crippen LogP contribution in [0.2, 0.25) is 0 Å². The highest BCUT2D eigenvalue weighted by molar-refractivity contribution is 5.99. The minimum absolute atomic E-state index is 0.265. The highest BCUT2D eigenvalue weighted by Crippen LogP contribution is 2.24. The van der Waals surface area contributed by atoms with Gasteiger partial charge in [-0.15, -0.1) is 0 Å². The molecule has 0 amide bonds. The Morgan fingerprint density at radius 1 is 0.711 bits per heavy atom. The number of hydrogen-bond acceptors (Lipinski definition) is 4. The molecule has 0 saturated carbocycles. The standard InChI is InChI=1S/C33H39FO4/c1-4-6-7-8-9-10-23-37-29-19-15-26(16-20-29)25-11-13-28(14-12-25)33(36)38-30-21-17-27(18-22-30)32(35)31(34)24(3)5-2/h11-22,24,31H,4-10,23H2,1-3H3/t24-,31+/m0/s1. The number of ketones is 1. The molecule has 3 aromatic rings. The van der Waals surface area contributed by atoms with Crippen LogP contribution in [0.1, 0.15) is 86.4 Å². The summed E-state index contributed by atoms with van der Waals surface area (Å²) >= 11 is 0. The van der Waals surface area contributed by atoms with E-state index >= 15 is 0 Å². The third-order valence-electron chi connectivity index (χ3n) is 6.82. The van der Waals surface area contributed by atoms with E-state index in [4.69, 9.17) is 9.47 Å². The van der Waals surface area contributed by atoms with Gasteiger partial charge in [0.1, 0.15) is 11.5 Å². The van der Waals surface area contributed by atoms with Crippen molar-refractivity contribution >= 4 is 11.8 Å². The molecule has 0 bridgehead atoms. The average molecular weight is 519 g/mol. The number of Topliss-reactive ketones (excluding diaryl/α,β-unsaturated/α-hetero) is 1. The first-order chi connectivity index (χ1) is 18.4. The van der Waals surface area contributed by atoms with E-state index in [1.807, 2.05) is 43.3 Å². The molecule has 0 aromatic heterocycles. The van der Waals surface area contributed by atoms with Gasteiger partial charge >= 0.3 is 5.97 Å². The summed E-state index contributed by atoms with van der Waals surface area (Å²) in [5.41, 5.74) is 2.68. The molecule has 0 unspecified atom stereocenters. The first-order valence-electron chi connectivity index (χ1n) is 13.8. The first-order valence-corrected chi connectivity index (χ1v) is 13.8. The second-order valence-electron chi connectivity index (χ2n) is 9.78. The molecule has 0 radical (unpaired) electrons. The van der Waals surface area contributed by atoms with Crippen molar-refractivity contribution < 1.29 is 23.5 Å². The topological polar surface area (TPSA) is 52.6 Å². The van der Waals surface area contributed by atoms with E-state index in [1.165, 1.54) is 56.4 Å². The van der Waals surface area contributed by atoms with E-state index in [1.54, 1.807) is 19.1 Å². The lowest BCUT2D eigenvalue weighted by Crippen LogP contribution is -2.23. The quantitative estimate of drug-likeness (QED) is 0.0872. The Morgan fingerprint density at radius 3 is 1.84 bits per heavy atom. The first kappa shape index (κ1) is 29.1. The number of carbonyl (C=O) groups excluding carboxylic acids is 2. The molecule has 38 heavy (non-hydrogen) atoms. The van der Waals surface area contributed by atoms with E-state index in [9.17, 15) is 14.0 Å². The number of halogens is 1. The fourth-order valence-electron chi connectivity index (χ4n) is 4.09. The van der Waals surface area contributed by atoms with Crippen LogP contribution in [-0.4, -0.2) is 24.5 Å². The van der Waals surface area contributed by atoms with Crippen LogP contribution in [0.4, 0.5) is 4.39 Å². The molecule has 4 nitrogen and oxygen atoms in total. The molecular formula is C33H39FO4. The highest BCUT2D eigenvalue weighted by atomic mass is 19.1. The van der Waals surface area contributed by atoms with Gasteiger partial charge in [-0.25, -0.2) is 9.18 Å². The van der Waals surface area contributed by atoms with Crippen molar-refractivity contribution in [2.75, 3.05) is 6.61 Å². The maximum absolute atomic E-state index is 14.2. The molecule has 0 aliphatic heterocycles. The van der Waals surface area contributed by atoms with Crippen molar-refractivity contribution in [2.24, 2.45) is 5.92 Å². The van der Waals surface area contributed by atoms with Crippen LogP contribution < -0.4 is 9.47 Å². The molecule has 0 aliphatic rings. The van der Waals surface area contributed by atoms with E-state index in [0.717, 1.165) is 29.9 Å². The van der Waals surface area contributed by atoms with Crippen LogP contribution in [0.25, 0.3) is 11.1 Å². The SMILES string of the molecule is CCCCCCCCOc1ccc(-c2ccc(C(=O)Oc3ccc(C(=O)[C@H](F)[C@@H](C)CC)cc3)cc2)cc1. The molecule has 202 valence electrons. The molecule has 0 aliphatic carbocycles. The summed E-state index contributed by atoms with van der Waals surface area (Å²) in [4.78, 5) is 24.9. The number of ether oxygens (including phenoxy) is 2. The fourth-order valence-corrected chi connectivity index (χ4v) is 4.09. The normalized spacial score (nSPS) is 12.5. The van der Waals surface area contributed by atoms with Gasteiger partial charge in [0.05, 0.1) is 12.2 Å². The summed E-state index contributed by atoms with van der Waals surface area (Å²) in [5, 5.41) is 0. The van der Waals surface area contributed by atoms with Gasteiger partial charge in [0.15, 0.2) is 12.0 Å². The summed E-state index contributed by atoms with van der Waals surface area (Å²) in [6.07, 6.45) is 6.46. The summed E-state index contributed by atoms with van der Waals surface area (Å²) < 4.78 is 25.5. The van der Waals surface area contributed by atoms with Gasteiger partial charge in [-0.2, -0.15) is 0 Å². The third kappa shape index (κ3) is 8.54. The number of esters is 1.